The van der Waals surface area contributed by atoms with Crippen LogP contribution in [0.2, 0.25) is 0 Å². The van der Waals surface area contributed by atoms with Crippen LogP contribution in [0.3, 0.4) is 0 Å². The summed E-state index contributed by atoms with van der Waals surface area (Å²) in [7, 11) is 0. The van der Waals surface area contributed by atoms with Crippen LogP contribution in [0.5, 0.6) is 0 Å². The van der Waals surface area contributed by atoms with Gasteiger partial charge in [0.15, 0.2) is 0 Å². The van der Waals surface area contributed by atoms with E-state index < -0.39 is 0 Å². The largest absolute Gasteiger partial charge is 0.369 e. The minimum atomic E-state index is 0.497. The van der Waals surface area contributed by atoms with Crippen LogP contribution in [0.15, 0.2) is 16.6 Å². The molecule has 0 radical (unpaired) electrons. The highest BCUT2D eigenvalue weighted by atomic mass is 79.9. The van der Waals surface area contributed by atoms with E-state index in [9.17, 15) is 0 Å². The van der Waals surface area contributed by atoms with Crippen molar-refractivity contribution in [2.45, 2.75) is 13.3 Å². The quantitative estimate of drug-likeness (QED) is 0.825. The lowest BCUT2D eigenvalue weighted by atomic mass is 10.3. The van der Waals surface area contributed by atoms with E-state index in [4.69, 9.17) is 5.26 Å². The molecule has 0 amide bonds. The molecule has 0 fully saturated rings. The first-order valence-electron chi connectivity index (χ1n) is 3.98. The van der Waals surface area contributed by atoms with E-state index in [2.05, 4.69) is 32.3 Å². The van der Waals surface area contributed by atoms with Crippen molar-refractivity contribution in [1.29, 1.82) is 5.26 Å². The Labute approximate surface area is 85.9 Å². The smallest absolute Gasteiger partial charge is 0.126 e. The molecule has 0 aliphatic rings. The molecule has 0 bridgehead atoms. The van der Waals surface area contributed by atoms with Crippen molar-refractivity contribution in [3.8, 4) is 6.07 Å². The molecule has 0 saturated carbocycles. The molecule has 13 heavy (non-hydrogen) atoms. The van der Waals surface area contributed by atoms with Gasteiger partial charge in [0.05, 0.1) is 18.2 Å². The summed E-state index contributed by atoms with van der Waals surface area (Å²) in [5.41, 5.74) is 0.946. The molecule has 0 aliphatic heterocycles. The zero-order chi connectivity index (χ0) is 9.68. The summed E-state index contributed by atoms with van der Waals surface area (Å²) in [6, 6.07) is 5.89. The Morgan fingerprint density at radius 3 is 3.00 bits per heavy atom. The summed E-state index contributed by atoms with van der Waals surface area (Å²) in [6.07, 6.45) is 0.497. The Bertz CT molecular complexity index is 330. The Morgan fingerprint density at radius 1 is 1.62 bits per heavy atom. The topological polar surface area (TPSA) is 48.7 Å². The zero-order valence-corrected chi connectivity index (χ0v) is 8.93. The lowest BCUT2D eigenvalue weighted by Gasteiger charge is -2.04. The summed E-state index contributed by atoms with van der Waals surface area (Å²) < 4.78 is 0.998. The first-order chi connectivity index (χ1) is 6.24. The number of aromatic nitrogens is 1. The minimum Gasteiger partial charge on any atom is -0.369 e. The lowest BCUT2D eigenvalue weighted by Crippen LogP contribution is -2.02. The van der Waals surface area contributed by atoms with Crippen LogP contribution in [0, 0.1) is 18.3 Å². The molecule has 0 spiro atoms. The number of nitriles is 1. The minimum absolute atomic E-state index is 0.497. The van der Waals surface area contributed by atoms with Crippen LogP contribution in [0.25, 0.3) is 0 Å². The lowest BCUT2D eigenvalue weighted by molar-refractivity contribution is 1.04. The number of halogens is 1. The summed E-state index contributed by atoms with van der Waals surface area (Å²) in [6.45, 7) is 2.57. The molecule has 1 N–H and O–H groups in total. The van der Waals surface area contributed by atoms with Gasteiger partial charge in [-0.3, -0.25) is 0 Å². The average Bonchev–Trinajstić information content (AvgIpc) is 2.12. The molecule has 1 aromatic heterocycles. The van der Waals surface area contributed by atoms with Crippen LogP contribution in [0.4, 0.5) is 5.82 Å². The van der Waals surface area contributed by atoms with E-state index in [1.165, 1.54) is 0 Å². The van der Waals surface area contributed by atoms with Gasteiger partial charge in [0.25, 0.3) is 0 Å². The van der Waals surface area contributed by atoms with E-state index >= 15 is 0 Å². The number of anilines is 1. The fourth-order valence-corrected chi connectivity index (χ4v) is 1.11. The molecule has 0 atom stereocenters. The van der Waals surface area contributed by atoms with Crippen LogP contribution < -0.4 is 5.32 Å². The Kier molecular flexibility index (Phi) is 3.71. The maximum absolute atomic E-state index is 8.33. The molecule has 0 saturated heterocycles. The molecule has 0 aromatic carbocycles. The van der Waals surface area contributed by atoms with Crippen LogP contribution in [-0.4, -0.2) is 11.5 Å². The monoisotopic (exact) mass is 239 g/mol. The van der Waals surface area contributed by atoms with E-state index in [-0.39, 0.29) is 0 Å². The normalized spacial score (nSPS) is 9.31. The molecular weight excluding hydrogens is 230 g/mol. The Hall–Kier alpha value is -1.08. The SMILES string of the molecule is Cc1nc(NCCC#N)ccc1Br. The molecule has 1 heterocycles. The molecular formula is C9H10BrN3. The summed E-state index contributed by atoms with van der Waals surface area (Å²) in [4.78, 5) is 4.28. The predicted octanol–water partition coefficient (Wildman–Crippen LogP) is 2.48. The third kappa shape index (κ3) is 3.03. The molecule has 0 unspecified atom stereocenters. The van der Waals surface area contributed by atoms with Gasteiger partial charge in [0.2, 0.25) is 0 Å². The molecule has 68 valence electrons. The standard InChI is InChI=1S/C9H10BrN3/c1-7-8(10)3-4-9(13-7)12-6-2-5-11/h3-4H,2,6H2,1H3,(H,12,13). The fourth-order valence-electron chi connectivity index (χ4n) is 0.889. The van der Waals surface area contributed by atoms with Gasteiger partial charge in [0.1, 0.15) is 5.82 Å². The predicted molar refractivity (Wildman–Crippen MR) is 55.4 cm³/mol. The van der Waals surface area contributed by atoms with Crippen molar-refractivity contribution in [3.63, 3.8) is 0 Å². The van der Waals surface area contributed by atoms with Crippen LogP contribution in [0.1, 0.15) is 12.1 Å². The number of aryl methyl sites for hydroxylation is 1. The van der Waals surface area contributed by atoms with Crippen molar-refractivity contribution >= 4 is 21.7 Å². The van der Waals surface area contributed by atoms with Gasteiger partial charge in [0, 0.05) is 11.0 Å². The van der Waals surface area contributed by atoms with Gasteiger partial charge < -0.3 is 5.32 Å². The number of pyridine rings is 1. The maximum Gasteiger partial charge on any atom is 0.126 e. The van der Waals surface area contributed by atoms with Gasteiger partial charge in [-0.25, -0.2) is 4.98 Å². The van der Waals surface area contributed by atoms with Crippen molar-refractivity contribution in [2.24, 2.45) is 0 Å². The second kappa shape index (κ2) is 4.83. The van der Waals surface area contributed by atoms with Crippen LogP contribution in [-0.2, 0) is 0 Å². The first kappa shape index (κ1) is 10.0. The number of rotatable bonds is 3. The zero-order valence-electron chi connectivity index (χ0n) is 7.34. The van der Waals surface area contributed by atoms with E-state index in [1.54, 1.807) is 0 Å². The third-order valence-corrected chi connectivity index (χ3v) is 2.40. The Morgan fingerprint density at radius 2 is 2.38 bits per heavy atom. The van der Waals surface area contributed by atoms with Gasteiger partial charge in [-0.15, -0.1) is 0 Å². The third-order valence-electron chi connectivity index (χ3n) is 1.56. The Balaban J connectivity index is 2.59. The molecule has 0 aliphatic carbocycles. The maximum atomic E-state index is 8.33. The first-order valence-corrected chi connectivity index (χ1v) is 4.77. The second-order valence-electron chi connectivity index (χ2n) is 2.60. The highest BCUT2D eigenvalue weighted by molar-refractivity contribution is 9.10. The van der Waals surface area contributed by atoms with E-state index in [0.29, 0.717) is 13.0 Å². The second-order valence-corrected chi connectivity index (χ2v) is 3.45. The van der Waals surface area contributed by atoms with Gasteiger partial charge >= 0.3 is 0 Å². The van der Waals surface area contributed by atoms with Crippen molar-refractivity contribution < 1.29 is 0 Å². The molecule has 1 rings (SSSR count). The molecule has 1 aromatic rings. The van der Waals surface area contributed by atoms with Crippen molar-refractivity contribution in [3.05, 3.63) is 22.3 Å². The summed E-state index contributed by atoms with van der Waals surface area (Å²) >= 11 is 3.37. The molecule has 4 heteroatoms. The number of hydrogen-bond acceptors (Lipinski definition) is 3. The molecule has 3 nitrogen and oxygen atoms in total. The number of nitrogens with zero attached hydrogens (tertiary/aromatic N) is 2. The van der Waals surface area contributed by atoms with Crippen molar-refractivity contribution in [2.75, 3.05) is 11.9 Å². The average molecular weight is 240 g/mol. The van der Waals surface area contributed by atoms with Gasteiger partial charge in [-0.2, -0.15) is 5.26 Å². The van der Waals surface area contributed by atoms with Crippen molar-refractivity contribution in [1.82, 2.24) is 4.98 Å². The summed E-state index contributed by atoms with van der Waals surface area (Å²) in [5.74, 6) is 0.816. The highest BCUT2D eigenvalue weighted by Crippen LogP contribution is 2.15. The van der Waals surface area contributed by atoms with Gasteiger partial charge in [-0.05, 0) is 35.0 Å². The van der Waals surface area contributed by atoms with E-state index in [1.807, 2.05) is 19.1 Å². The van der Waals surface area contributed by atoms with E-state index in [0.717, 1.165) is 16.0 Å². The van der Waals surface area contributed by atoms with Crippen LogP contribution >= 0.6 is 15.9 Å². The summed E-state index contributed by atoms with van der Waals surface area (Å²) in [5, 5.41) is 11.4. The van der Waals surface area contributed by atoms with Gasteiger partial charge in [-0.1, -0.05) is 0 Å². The highest BCUT2D eigenvalue weighted by Gasteiger charge is 1.97. The fraction of sp³-hybridized carbons (Fsp3) is 0.333. The number of hydrogen-bond donors (Lipinski definition) is 1. The number of nitrogens with one attached hydrogen (secondary N) is 1.